The van der Waals surface area contributed by atoms with E-state index in [1.165, 1.54) is 4.31 Å². The summed E-state index contributed by atoms with van der Waals surface area (Å²) in [4.78, 5) is 12.7. The molecule has 8 heteroatoms. The second-order valence-electron chi connectivity index (χ2n) is 7.30. The highest BCUT2D eigenvalue weighted by molar-refractivity contribution is 7.92. The molecule has 7 nitrogen and oxygen atoms in total. The van der Waals surface area contributed by atoms with Crippen molar-refractivity contribution in [3.05, 3.63) is 90.5 Å². The van der Waals surface area contributed by atoms with E-state index >= 15 is 0 Å². The number of anilines is 1. The molecule has 0 saturated heterocycles. The first-order chi connectivity index (χ1) is 15.5. The van der Waals surface area contributed by atoms with Crippen LogP contribution in [0.2, 0.25) is 0 Å². The van der Waals surface area contributed by atoms with Crippen molar-refractivity contribution >= 4 is 21.6 Å². The topological polar surface area (TPSA) is 84.9 Å². The number of nitrogens with one attached hydrogen (secondary N) is 1. The van der Waals surface area contributed by atoms with Crippen molar-refractivity contribution in [1.82, 2.24) is 5.32 Å². The minimum atomic E-state index is -3.73. The van der Waals surface area contributed by atoms with Gasteiger partial charge in [-0.05, 0) is 29.8 Å². The van der Waals surface area contributed by atoms with Gasteiger partial charge in [-0.2, -0.15) is 0 Å². The van der Waals surface area contributed by atoms with Crippen molar-refractivity contribution < 1.29 is 22.7 Å². The second kappa shape index (κ2) is 9.74. The molecular formula is C24H24N2O5S. The minimum absolute atomic E-state index is 0.0996. The Bertz CT molecular complexity index is 1150. The molecule has 0 saturated carbocycles. The highest BCUT2D eigenvalue weighted by Gasteiger charge is 2.36. The summed E-state index contributed by atoms with van der Waals surface area (Å²) in [6.45, 7) is 0.457. The minimum Gasteiger partial charge on any atom is -0.492 e. The van der Waals surface area contributed by atoms with Gasteiger partial charge in [0.2, 0.25) is 10.0 Å². The van der Waals surface area contributed by atoms with Gasteiger partial charge in [0.1, 0.15) is 18.1 Å². The Labute approximate surface area is 187 Å². The number of ether oxygens (including phenoxy) is 2. The third kappa shape index (κ3) is 5.20. The zero-order chi connectivity index (χ0) is 22.4. The molecule has 0 fully saturated rings. The van der Waals surface area contributed by atoms with Crippen molar-refractivity contribution in [3.8, 4) is 11.5 Å². The summed E-state index contributed by atoms with van der Waals surface area (Å²) in [5.41, 5.74) is 1.11. The zero-order valence-electron chi connectivity index (χ0n) is 17.4. The number of para-hydroxylation sites is 3. The monoisotopic (exact) mass is 452 g/mol. The first-order valence-electron chi connectivity index (χ1n) is 10.3. The number of carbonyl (C=O) groups excluding carboxylic acids is 1. The molecule has 0 aromatic heterocycles. The molecule has 1 aliphatic heterocycles. The van der Waals surface area contributed by atoms with Crippen LogP contribution in [0.4, 0.5) is 5.69 Å². The van der Waals surface area contributed by atoms with E-state index in [0.717, 1.165) is 0 Å². The lowest BCUT2D eigenvalue weighted by molar-refractivity contribution is -0.127. The lowest BCUT2D eigenvalue weighted by atomic mass is 10.2. The number of rotatable bonds is 8. The number of amides is 1. The lowest BCUT2D eigenvalue weighted by Crippen LogP contribution is -2.51. The SMILES string of the molecule is O=C(NCCOc1ccccc1)[C@H]1CN(S(=O)(=O)Cc2ccccc2)c2ccccc2O1. The Morgan fingerprint density at radius 2 is 1.62 bits per heavy atom. The van der Waals surface area contributed by atoms with Gasteiger partial charge in [0.25, 0.3) is 5.91 Å². The summed E-state index contributed by atoms with van der Waals surface area (Å²) in [5.74, 6) is 0.511. The van der Waals surface area contributed by atoms with Gasteiger partial charge in [0.15, 0.2) is 6.10 Å². The van der Waals surface area contributed by atoms with Gasteiger partial charge >= 0.3 is 0 Å². The van der Waals surface area contributed by atoms with Gasteiger partial charge in [-0.25, -0.2) is 8.42 Å². The molecule has 1 N–H and O–H groups in total. The summed E-state index contributed by atoms with van der Waals surface area (Å²) >= 11 is 0. The van der Waals surface area contributed by atoms with Crippen LogP contribution in [-0.2, 0) is 20.6 Å². The maximum absolute atomic E-state index is 13.2. The molecule has 1 amide bonds. The molecule has 1 heterocycles. The number of fused-ring (bicyclic) bond motifs is 1. The molecule has 1 atom stereocenters. The van der Waals surface area contributed by atoms with E-state index in [0.29, 0.717) is 22.7 Å². The molecule has 166 valence electrons. The number of benzene rings is 3. The maximum atomic E-state index is 13.2. The molecule has 1 aliphatic rings. The van der Waals surface area contributed by atoms with Crippen LogP contribution in [0.15, 0.2) is 84.9 Å². The Morgan fingerprint density at radius 3 is 2.38 bits per heavy atom. The van der Waals surface area contributed by atoms with Crippen LogP contribution in [0.25, 0.3) is 0 Å². The van der Waals surface area contributed by atoms with E-state index in [-0.39, 0.29) is 25.4 Å². The van der Waals surface area contributed by atoms with E-state index in [2.05, 4.69) is 5.32 Å². The number of nitrogens with zero attached hydrogens (tertiary/aromatic N) is 1. The number of hydrogen-bond donors (Lipinski definition) is 1. The lowest BCUT2D eigenvalue weighted by Gasteiger charge is -2.34. The van der Waals surface area contributed by atoms with Gasteiger partial charge in [0, 0.05) is 0 Å². The van der Waals surface area contributed by atoms with Crippen LogP contribution >= 0.6 is 0 Å². The Kier molecular flexibility index (Phi) is 6.61. The molecule has 4 rings (SSSR count). The van der Waals surface area contributed by atoms with E-state index in [1.54, 1.807) is 48.5 Å². The van der Waals surface area contributed by atoms with Gasteiger partial charge in [-0.15, -0.1) is 0 Å². The summed E-state index contributed by atoms with van der Waals surface area (Å²) in [7, 11) is -3.73. The molecule has 0 bridgehead atoms. The Balaban J connectivity index is 1.44. The van der Waals surface area contributed by atoms with E-state index in [9.17, 15) is 13.2 Å². The smallest absolute Gasteiger partial charge is 0.263 e. The summed E-state index contributed by atoms with van der Waals surface area (Å²) in [5, 5.41) is 2.76. The fraction of sp³-hybridized carbons (Fsp3) is 0.208. The van der Waals surface area contributed by atoms with Crippen molar-refractivity contribution in [2.45, 2.75) is 11.9 Å². The summed E-state index contributed by atoms with van der Waals surface area (Å²) < 4.78 is 39.1. The zero-order valence-corrected chi connectivity index (χ0v) is 18.2. The molecule has 0 spiro atoms. The highest BCUT2D eigenvalue weighted by Crippen LogP contribution is 2.35. The molecule has 3 aromatic carbocycles. The first kappa shape index (κ1) is 21.7. The third-order valence-electron chi connectivity index (χ3n) is 4.97. The number of carbonyl (C=O) groups is 1. The molecule has 0 unspecified atom stereocenters. The average molecular weight is 453 g/mol. The number of hydrogen-bond acceptors (Lipinski definition) is 5. The summed E-state index contributed by atoms with van der Waals surface area (Å²) in [6.07, 6.45) is -0.966. The predicted molar refractivity (Wildman–Crippen MR) is 122 cm³/mol. The quantitative estimate of drug-likeness (QED) is 0.531. The van der Waals surface area contributed by atoms with Crippen molar-refractivity contribution in [2.75, 3.05) is 24.0 Å². The van der Waals surface area contributed by atoms with Crippen LogP contribution in [0.1, 0.15) is 5.56 Å². The Hall–Kier alpha value is -3.52. The van der Waals surface area contributed by atoms with Crippen molar-refractivity contribution in [2.24, 2.45) is 0 Å². The molecule has 3 aromatic rings. The second-order valence-corrected chi connectivity index (χ2v) is 9.19. The van der Waals surface area contributed by atoms with Crippen molar-refractivity contribution in [1.29, 1.82) is 0 Å². The van der Waals surface area contributed by atoms with Crippen LogP contribution in [-0.4, -0.2) is 40.1 Å². The van der Waals surface area contributed by atoms with Gasteiger partial charge in [0.05, 0.1) is 24.5 Å². The average Bonchev–Trinajstić information content (AvgIpc) is 2.82. The van der Waals surface area contributed by atoms with Gasteiger partial charge in [-0.1, -0.05) is 60.7 Å². The van der Waals surface area contributed by atoms with Crippen molar-refractivity contribution in [3.63, 3.8) is 0 Å². The van der Waals surface area contributed by atoms with Crippen LogP contribution in [0.3, 0.4) is 0 Å². The normalized spacial score (nSPS) is 15.4. The fourth-order valence-corrected chi connectivity index (χ4v) is 5.02. The molecule has 0 radical (unpaired) electrons. The fourth-order valence-electron chi connectivity index (χ4n) is 3.44. The first-order valence-corrected chi connectivity index (χ1v) is 11.9. The van der Waals surface area contributed by atoms with E-state index in [4.69, 9.17) is 9.47 Å². The Morgan fingerprint density at radius 1 is 0.969 bits per heavy atom. The van der Waals surface area contributed by atoms with Gasteiger partial charge in [-0.3, -0.25) is 9.10 Å². The predicted octanol–water partition coefficient (Wildman–Crippen LogP) is 2.98. The molecule has 0 aliphatic carbocycles. The largest absolute Gasteiger partial charge is 0.492 e. The van der Waals surface area contributed by atoms with E-state index in [1.807, 2.05) is 36.4 Å². The van der Waals surface area contributed by atoms with Crippen LogP contribution in [0, 0.1) is 0 Å². The molecular weight excluding hydrogens is 428 g/mol. The number of sulfonamides is 1. The van der Waals surface area contributed by atoms with E-state index < -0.39 is 22.0 Å². The maximum Gasteiger partial charge on any atom is 0.263 e. The van der Waals surface area contributed by atoms with Crippen LogP contribution < -0.4 is 19.1 Å². The highest BCUT2D eigenvalue weighted by atomic mass is 32.2. The third-order valence-corrected chi connectivity index (χ3v) is 6.68. The molecule has 32 heavy (non-hydrogen) atoms. The standard InChI is InChI=1S/C24H24N2O5S/c27-24(25-15-16-30-20-11-5-2-6-12-20)23-17-26(21-13-7-8-14-22(21)31-23)32(28,29)18-19-9-3-1-4-10-19/h1-14,23H,15-18H2,(H,25,27)/t23-/m1/s1. The van der Waals surface area contributed by atoms with Crippen LogP contribution in [0.5, 0.6) is 11.5 Å². The van der Waals surface area contributed by atoms with Gasteiger partial charge < -0.3 is 14.8 Å². The summed E-state index contributed by atoms with van der Waals surface area (Å²) in [6, 6.07) is 25.1.